The van der Waals surface area contributed by atoms with Crippen molar-refractivity contribution >= 4 is 11.8 Å². The summed E-state index contributed by atoms with van der Waals surface area (Å²) in [7, 11) is 0. The summed E-state index contributed by atoms with van der Waals surface area (Å²) in [6.45, 7) is 7.89. The summed E-state index contributed by atoms with van der Waals surface area (Å²) in [6.07, 6.45) is 5.20. The molecule has 0 aromatic rings. The van der Waals surface area contributed by atoms with Gasteiger partial charge in [0.2, 0.25) is 0 Å². The molecule has 0 aromatic heterocycles. The van der Waals surface area contributed by atoms with Gasteiger partial charge < -0.3 is 10.1 Å². The van der Waals surface area contributed by atoms with Crippen LogP contribution in [0, 0.1) is 11.8 Å². The lowest BCUT2D eigenvalue weighted by molar-refractivity contribution is -0.0883. The summed E-state index contributed by atoms with van der Waals surface area (Å²) in [6, 6.07) is 0. The first-order valence-electron chi connectivity index (χ1n) is 7.18. The van der Waals surface area contributed by atoms with Gasteiger partial charge in [-0.2, -0.15) is 11.8 Å². The number of thioether (sulfide) groups is 1. The average Bonchev–Trinajstić information content (AvgIpc) is 2.77. The molecular formula is C14H27NOS. The highest BCUT2D eigenvalue weighted by Gasteiger charge is 2.41. The Bertz CT molecular complexity index is 228. The normalized spacial score (nSPS) is 35.3. The fourth-order valence-corrected chi connectivity index (χ4v) is 4.54. The van der Waals surface area contributed by atoms with E-state index in [0.717, 1.165) is 25.0 Å². The molecule has 1 spiro atoms. The van der Waals surface area contributed by atoms with Gasteiger partial charge in [-0.05, 0) is 56.4 Å². The van der Waals surface area contributed by atoms with Crippen LogP contribution in [0.5, 0.6) is 0 Å². The molecule has 2 saturated heterocycles. The zero-order valence-corrected chi connectivity index (χ0v) is 12.2. The van der Waals surface area contributed by atoms with Crippen LogP contribution in [0.1, 0.15) is 39.5 Å². The predicted molar refractivity (Wildman–Crippen MR) is 75.7 cm³/mol. The van der Waals surface area contributed by atoms with Gasteiger partial charge in [-0.3, -0.25) is 0 Å². The van der Waals surface area contributed by atoms with Crippen molar-refractivity contribution in [1.82, 2.24) is 5.32 Å². The van der Waals surface area contributed by atoms with Crippen LogP contribution < -0.4 is 5.32 Å². The van der Waals surface area contributed by atoms with Crippen LogP contribution in [0.4, 0.5) is 0 Å². The Kier molecular flexibility index (Phi) is 5.19. The van der Waals surface area contributed by atoms with Crippen LogP contribution in [-0.2, 0) is 4.74 Å². The molecule has 17 heavy (non-hydrogen) atoms. The number of nitrogens with one attached hydrogen (secondary N) is 1. The Morgan fingerprint density at radius 2 is 2.41 bits per heavy atom. The second-order valence-electron chi connectivity index (χ2n) is 5.71. The lowest BCUT2D eigenvalue weighted by Crippen LogP contribution is -2.41. The van der Waals surface area contributed by atoms with E-state index in [4.69, 9.17) is 4.74 Å². The third-order valence-corrected chi connectivity index (χ3v) is 5.65. The summed E-state index contributed by atoms with van der Waals surface area (Å²) >= 11 is 2.08. The first-order chi connectivity index (χ1) is 8.26. The van der Waals surface area contributed by atoms with E-state index in [-0.39, 0.29) is 5.60 Å². The largest absolute Gasteiger partial charge is 0.374 e. The molecule has 2 nitrogen and oxygen atoms in total. The molecule has 100 valence electrons. The van der Waals surface area contributed by atoms with Gasteiger partial charge in [-0.1, -0.05) is 13.8 Å². The number of hydrogen-bond donors (Lipinski definition) is 1. The molecule has 1 N–H and O–H groups in total. The van der Waals surface area contributed by atoms with Crippen molar-refractivity contribution in [1.29, 1.82) is 0 Å². The molecule has 2 rings (SSSR count). The maximum atomic E-state index is 6.10. The zero-order valence-electron chi connectivity index (χ0n) is 11.3. The smallest absolute Gasteiger partial charge is 0.0783 e. The molecule has 2 fully saturated rings. The van der Waals surface area contributed by atoms with Crippen LogP contribution in [0.15, 0.2) is 0 Å². The first kappa shape index (κ1) is 13.7. The molecular weight excluding hydrogens is 230 g/mol. The molecule has 3 heteroatoms. The van der Waals surface area contributed by atoms with E-state index in [9.17, 15) is 0 Å². The Morgan fingerprint density at radius 3 is 3.12 bits per heavy atom. The molecule has 0 bridgehead atoms. The Labute approximate surface area is 110 Å². The quantitative estimate of drug-likeness (QED) is 0.765. The van der Waals surface area contributed by atoms with Crippen LogP contribution in [0.25, 0.3) is 0 Å². The van der Waals surface area contributed by atoms with Crippen molar-refractivity contribution in [2.24, 2.45) is 11.8 Å². The van der Waals surface area contributed by atoms with Gasteiger partial charge in [-0.15, -0.1) is 0 Å². The van der Waals surface area contributed by atoms with Crippen LogP contribution in [0.3, 0.4) is 0 Å². The van der Waals surface area contributed by atoms with Gasteiger partial charge in [0.25, 0.3) is 0 Å². The van der Waals surface area contributed by atoms with Crippen molar-refractivity contribution < 1.29 is 4.74 Å². The Hall–Kier alpha value is 0.270. The number of ether oxygens (including phenoxy) is 1. The van der Waals surface area contributed by atoms with E-state index in [0.29, 0.717) is 0 Å². The molecule has 2 aliphatic rings. The highest BCUT2D eigenvalue weighted by Crippen LogP contribution is 2.42. The highest BCUT2D eigenvalue weighted by molar-refractivity contribution is 7.99. The molecule has 0 radical (unpaired) electrons. The van der Waals surface area contributed by atoms with Crippen molar-refractivity contribution in [3.05, 3.63) is 0 Å². The third-order valence-electron chi connectivity index (χ3n) is 4.43. The molecule has 3 atom stereocenters. The van der Waals surface area contributed by atoms with Crippen LogP contribution in [0.2, 0.25) is 0 Å². The number of hydrogen-bond acceptors (Lipinski definition) is 3. The first-order valence-corrected chi connectivity index (χ1v) is 8.34. The maximum Gasteiger partial charge on any atom is 0.0783 e. The zero-order chi connectivity index (χ0) is 12.1. The highest BCUT2D eigenvalue weighted by atomic mass is 32.2. The fourth-order valence-electron chi connectivity index (χ4n) is 3.16. The fraction of sp³-hybridized carbons (Fsp3) is 1.00. The standard InChI is InChI=1S/C14H27NOS/c1-3-15-7-4-12(2)13-5-8-16-14(10-13)6-9-17-11-14/h12-13,15H,3-11H2,1-2H3. The maximum absolute atomic E-state index is 6.10. The summed E-state index contributed by atoms with van der Waals surface area (Å²) in [4.78, 5) is 0. The lowest BCUT2D eigenvalue weighted by Gasteiger charge is -2.40. The van der Waals surface area contributed by atoms with Crippen molar-refractivity contribution in [2.75, 3.05) is 31.2 Å². The molecule has 2 aliphatic heterocycles. The van der Waals surface area contributed by atoms with Gasteiger partial charge in [0.15, 0.2) is 0 Å². The van der Waals surface area contributed by atoms with E-state index in [2.05, 4.69) is 30.9 Å². The summed E-state index contributed by atoms with van der Waals surface area (Å²) in [5.41, 5.74) is 0.264. The van der Waals surface area contributed by atoms with Gasteiger partial charge >= 0.3 is 0 Å². The van der Waals surface area contributed by atoms with Gasteiger partial charge in [0, 0.05) is 12.4 Å². The minimum atomic E-state index is 0.264. The average molecular weight is 257 g/mol. The summed E-state index contributed by atoms with van der Waals surface area (Å²) < 4.78 is 6.10. The van der Waals surface area contributed by atoms with E-state index in [1.807, 2.05) is 0 Å². The second kappa shape index (κ2) is 6.44. The van der Waals surface area contributed by atoms with E-state index >= 15 is 0 Å². The number of rotatable bonds is 5. The van der Waals surface area contributed by atoms with Crippen molar-refractivity contribution in [3.8, 4) is 0 Å². The van der Waals surface area contributed by atoms with E-state index < -0.39 is 0 Å². The SMILES string of the molecule is CCNCCC(C)C1CCOC2(CCSC2)C1. The summed E-state index contributed by atoms with van der Waals surface area (Å²) in [5.74, 6) is 4.28. The van der Waals surface area contributed by atoms with Crippen molar-refractivity contribution in [2.45, 2.75) is 45.1 Å². The molecule has 0 aromatic carbocycles. The molecule has 0 amide bonds. The van der Waals surface area contributed by atoms with Gasteiger partial charge in [-0.25, -0.2) is 0 Å². The molecule has 0 aliphatic carbocycles. The van der Waals surface area contributed by atoms with Crippen LogP contribution in [-0.4, -0.2) is 36.8 Å². The van der Waals surface area contributed by atoms with Gasteiger partial charge in [0.1, 0.15) is 0 Å². The van der Waals surface area contributed by atoms with Crippen molar-refractivity contribution in [3.63, 3.8) is 0 Å². The minimum absolute atomic E-state index is 0.264. The Morgan fingerprint density at radius 1 is 1.53 bits per heavy atom. The summed E-state index contributed by atoms with van der Waals surface area (Å²) in [5, 5.41) is 3.44. The lowest BCUT2D eigenvalue weighted by atomic mass is 9.77. The molecule has 3 unspecified atom stereocenters. The van der Waals surface area contributed by atoms with E-state index in [1.165, 1.54) is 43.7 Å². The molecule has 2 heterocycles. The van der Waals surface area contributed by atoms with E-state index in [1.54, 1.807) is 0 Å². The van der Waals surface area contributed by atoms with Crippen LogP contribution >= 0.6 is 11.8 Å². The molecule has 0 saturated carbocycles. The predicted octanol–water partition coefficient (Wildman–Crippen LogP) is 2.92. The topological polar surface area (TPSA) is 21.3 Å². The second-order valence-corrected chi connectivity index (χ2v) is 6.81. The Balaban J connectivity index is 1.79. The van der Waals surface area contributed by atoms with Gasteiger partial charge in [0.05, 0.1) is 5.60 Å². The third kappa shape index (κ3) is 3.62. The monoisotopic (exact) mass is 257 g/mol. The minimum Gasteiger partial charge on any atom is -0.374 e.